The number of amides is 3. The second-order valence-electron chi connectivity index (χ2n) is 7.73. The molecular weight excluding hydrogens is 489 g/mol. The second kappa shape index (κ2) is 14.2. The van der Waals surface area contributed by atoms with Gasteiger partial charge in [0.25, 0.3) is 5.91 Å². The van der Waals surface area contributed by atoms with E-state index < -0.39 is 0 Å². The molecule has 3 aromatic rings. The number of piperazine rings is 1. The summed E-state index contributed by atoms with van der Waals surface area (Å²) < 4.78 is 5.80. The van der Waals surface area contributed by atoms with Crippen LogP contribution in [0.4, 0.5) is 10.5 Å². The zero-order chi connectivity index (χ0) is 22.9. The fraction of sp³-hybridized carbons (Fsp3) is 0.240. The van der Waals surface area contributed by atoms with Gasteiger partial charge in [0.2, 0.25) is 0 Å². The van der Waals surface area contributed by atoms with Crippen molar-refractivity contribution in [1.82, 2.24) is 20.5 Å². The molecule has 0 bridgehead atoms. The van der Waals surface area contributed by atoms with Gasteiger partial charge in [-0.2, -0.15) is 0 Å². The first-order valence-electron chi connectivity index (χ1n) is 10.9. The van der Waals surface area contributed by atoms with Gasteiger partial charge in [-0.15, -0.1) is 24.8 Å². The van der Waals surface area contributed by atoms with Crippen molar-refractivity contribution >= 4 is 42.4 Å². The molecule has 8 nitrogen and oxygen atoms in total. The Kier molecular flexibility index (Phi) is 11.3. The lowest BCUT2D eigenvalue weighted by Gasteiger charge is -2.35. The summed E-state index contributed by atoms with van der Waals surface area (Å²) in [6, 6.07) is 20.0. The number of aromatic nitrogens is 1. The first-order valence-corrected chi connectivity index (χ1v) is 10.9. The first-order chi connectivity index (χ1) is 16.2. The van der Waals surface area contributed by atoms with Crippen LogP contribution in [-0.2, 0) is 6.54 Å². The third-order valence-electron chi connectivity index (χ3n) is 5.38. The number of pyridine rings is 1. The molecule has 1 atom stereocenters. The maximum atomic E-state index is 12.9. The lowest BCUT2D eigenvalue weighted by Crippen LogP contribution is -2.57. The molecule has 10 heteroatoms. The van der Waals surface area contributed by atoms with E-state index in [1.165, 1.54) is 0 Å². The number of nitrogens with one attached hydrogen (secondary N) is 3. The van der Waals surface area contributed by atoms with Crippen molar-refractivity contribution in [2.24, 2.45) is 0 Å². The Hall–Kier alpha value is -3.33. The largest absolute Gasteiger partial charge is 0.490 e. The summed E-state index contributed by atoms with van der Waals surface area (Å²) in [5.41, 5.74) is 2.20. The molecule has 1 saturated heterocycles. The van der Waals surface area contributed by atoms with Gasteiger partial charge in [0.05, 0.1) is 12.2 Å². The number of urea groups is 1. The average Bonchev–Trinajstić information content (AvgIpc) is 2.88. The molecule has 0 saturated carbocycles. The van der Waals surface area contributed by atoms with Gasteiger partial charge < -0.3 is 25.6 Å². The van der Waals surface area contributed by atoms with Gasteiger partial charge >= 0.3 is 6.03 Å². The zero-order valence-electron chi connectivity index (χ0n) is 19.1. The molecule has 1 aliphatic rings. The molecule has 186 valence electrons. The normalized spacial score (nSPS) is 14.6. The Morgan fingerprint density at radius 3 is 2.51 bits per heavy atom. The van der Waals surface area contributed by atoms with Crippen molar-refractivity contribution in [1.29, 1.82) is 0 Å². The van der Waals surface area contributed by atoms with Gasteiger partial charge in [-0.3, -0.25) is 9.78 Å². The molecule has 1 fully saturated rings. The van der Waals surface area contributed by atoms with Crippen molar-refractivity contribution in [2.75, 3.05) is 31.6 Å². The molecular formula is C25H29Cl2N5O3. The molecule has 3 N–H and O–H groups in total. The smallest absolute Gasteiger partial charge is 0.322 e. The molecule has 0 radical (unpaired) electrons. The minimum atomic E-state index is -0.197. The number of halogens is 2. The van der Waals surface area contributed by atoms with E-state index in [4.69, 9.17) is 4.74 Å². The summed E-state index contributed by atoms with van der Waals surface area (Å²) in [5, 5.41) is 9.13. The summed E-state index contributed by atoms with van der Waals surface area (Å²) in [5.74, 6) is 0.510. The minimum Gasteiger partial charge on any atom is -0.490 e. The van der Waals surface area contributed by atoms with E-state index in [0.717, 1.165) is 12.1 Å². The highest BCUT2D eigenvalue weighted by Gasteiger charge is 2.27. The highest BCUT2D eigenvalue weighted by molar-refractivity contribution is 5.95. The Balaban J connectivity index is 0.00000216. The van der Waals surface area contributed by atoms with Crippen LogP contribution in [0, 0.1) is 0 Å². The van der Waals surface area contributed by atoms with Crippen LogP contribution in [0.5, 0.6) is 5.75 Å². The quantitative estimate of drug-likeness (QED) is 0.443. The zero-order valence-corrected chi connectivity index (χ0v) is 20.7. The van der Waals surface area contributed by atoms with E-state index in [9.17, 15) is 9.59 Å². The Morgan fingerprint density at radius 2 is 1.80 bits per heavy atom. The van der Waals surface area contributed by atoms with Crippen molar-refractivity contribution in [2.45, 2.75) is 12.6 Å². The van der Waals surface area contributed by atoms with E-state index >= 15 is 0 Å². The van der Waals surface area contributed by atoms with Crippen molar-refractivity contribution in [3.8, 4) is 5.75 Å². The van der Waals surface area contributed by atoms with Crippen LogP contribution in [0.15, 0.2) is 79.1 Å². The fourth-order valence-corrected chi connectivity index (χ4v) is 3.58. The number of benzene rings is 2. The minimum absolute atomic E-state index is 0. The molecule has 3 amide bonds. The van der Waals surface area contributed by atoms with Gasteiger partial charge in [-0.25, -0.2) is 4.79 Å². The van der Waals surface area contributed by atoms with Crippen molar-refractivity contribution < 1.29 is 14.3 Å². The van der Waals surface area contributed by atoms with Gasteiger partial charge in [0.1, 0.15) is 12.4 Å². The maximum absolute atomic E-state index is 12.9. The summed E-state index contributed by atoms with van der Waals surface area (Å²) in [7, 11) is 0. The molecule has 4 rings (SSSR count). The van der Waals surface area contributed by atoms with Gasteiger partial charge in [-0.1, -0.05) is 30.3 Å². The van der Waals surface area contributed by atoms with E-state index in [-0.39, 0.29) is 42.8 Å². The van der Waals surface area contributed by atoms with Crippen LogP contribution in [0.25, 0.3) is 0 Å². The van der Waals surface area contributed by atoms with Crippen LogP contribution < -0.4 is 20.7 Å². The Morgan fingerprint density at radius 1 is 1.03 bits per heavy atom. The average molecular weight is 518 g/mol. The topological polar surface area (TPSA) is 95.6 Å². The molecule has 1 aromatic heterocycles. The molecule has 0 aliphatic carbocycles. The Bertz CT molecular complexity index is 1060. The molecule has 2 heterocycles. The van der Waals surface area contributed by atoms with Gasteiger partial charge in [0.15, 0.2) is 0 Å². The lowest BCUT2D eigenvalue weighted by molar-refractivity contribution is 0.0951. The number of carbonyl (C=O) groups excluding carboxylic acids is 2. The SMILES string of the molecule is Cl.Cl.O=C(NCc1ccccc1)c1ccc(NC(=O)N2CCNCC2COc2cccnc2)cc1. The van der Waals surface area contributed by atoms with Gasteiger partial charge in [-0.05, 0) is 42.0 Å². The summed E-state index contributed by atoms with van der Waals surface area (Å²) in [4.78, 5) is 31.1. The molecule has 0 spiro atoms. The molecule has 35 heavy (non-hydrogen) atoms. The number of rotatable bonds is 7. The van der Waals surface area contributed by atoms with Crippen LogP contribution in [0.1, 0.15) is 15.9 Å². The van der Waals surface area contributed by atoms with Crippen molar-refractivity contribution in [3.63, 3.8) is 0 Å². The van der Waals surface area contributed by atoms with E-state index in [0.29, 0.717) is 43.2 Å². The summed E-state index contributed by atoms with van der Waals surface area (Å²) in [6.07, 6.45) is 3.34. The molecule has 1 unspecified atom stereocenters. The monoisotopic (exact) mass is 517 g/mol. The van der Waals surface area contributed by atoms with Crippen LogP contribution >= 0.6 is 24.8 Å². The number of nitrogens with zero attached hydrogens (tertiary/aromatic N) is 2. The van der Waals surface area contributed by atoms with Crippen LogP contribution in [0.2, 0.25) is 0 Å². The third-order valence-corrected chi connectivity index (χ3v) is 5.38. The molecule has 2 aromatic carbocycles. The number of hydrogen-bond acceptors (Lipinski definition) is 5. The lowest BCUT2D eigenvalue weighted by atomic mass is 10.1. The van der Waals surface area contributed by atoms with E-state index in [1.54, 1.807) is 41.6 Å². The highest BCUT2D eigenvalue weighted by Crippen LogP contribution is 2.14. The third kappa shape index (κ3) is 8.13. The number of ether oxygens (including phenoxy) is 1. The van der Waals surface area contributed by atoms with Gasteiger partial charge in [0, 0.05) is 43.6 Å². The van der Waals surface area contributed by atoms with Crippen LogP contribution in [-0.4, -0.2) is 54.1 Å². The molecule has 1 aliphatic heterocycles. The standard InChI is InChI=1S/C25H27N5O3.2ClH/c31-24(28-15-19-5-2-1-3-6-19)20-8-10-21(11-9-20)29-25(32)30-14-13-27-16-22(30)18-33-23-7-4-12-26-17-23;;/h1-12,17,22,27H,13-16,18H2,(H,28,31)(H,29,32);2*1H. The number of hydrogen-bond donors (Lipinski definition) is 3. The van der Waals surface area contributed by atoms with E-state index in [1.807, 2.05) is 42.5 Å². The number of anilines is 1. The maximum Gasteiger partial charge on any atom is 0.322 e. The Labute approximate surface area is 217 Å². The van der Waals surface area contributed by atoms with Crippen molar-refractivity contribution in [3.05, 3.63) is 90.3 Å². The highest BCUT2D eigenvalue weighted by atomic mass is 35.5. The fourth-order valence-electron chi connectivity index (χ4n) is 3.58. The second-order valence-corrected chi connectivity index (χ2v) is 7.73. The predicted molar refractivity (Wildman–Crippen MR) is 141 cm³/mol. The number of carbonyl (C=O) groups is 2. The summed E-state index contributed by atoms with van der Waals surface area (Å²) in [6.45, 7) is 2.77. The van der Waals surface area contributed by atoms with E-state index in [2.05, 4.69) is 20.9 Å². The van der Waals surface area contributed by atoms with Crippen LogP contribution in [0.3, 0.4) is 0 Å². The predicted octanol–water partition coefficient (Wildman–Crippen LogP) is 3.74. The summed E-state index contributed by atoms with van der Waals surface area (Å²) >= 11 is 0. The first kappa shape index (κ1) is 27.9.